The van der Waals surface area contributed by atoms with Gasteiger partial charge in [-0.15, -0.1) is 11.3 Å². The largest absolute Gasteiger partial charge is 0.303 e. The minimum absolute atomic E-state index is 0.152. The lowest BCUT2D eigenvalue weighted by Crippen LogP contribution is -2.23. The third kappa shape index (κ3) is 2.67. The minimum Gasteiger partial charge on any atom is -0.303 e. The zero-order valence-corrected chi connectivity index (χ0v) is 14.7. The molecule has 1 amide bonds. The van der Waals surface area contributed by atoms with Gasteiger partial charge >= 0.3 is 0 Å². The van der Waals surface area contributed by atoms with E-state index in [1.54, 1.807) is 11.3 Å². The molecule has 1 aliphatic heterocycles. The molecule has 0 aliphatic carbocycles. The van der Waals surface area contributed by atoms with Crippen LogP contribution in [-0.4, -0.2) is 5.91 Å². The molecular formula is C17H18BrNOS. The van der Waals surface area contributed by atoms with Crippen LogP contribution < -0.4 is 4.90 Å². The summed E-state index contributed by atoms with van der Waals surface area (Å²) in [5, 5.41) is 0. The highest BCUT2D eigenvalue weighted by molar-refractivity contribution is 9.10. The second-order valence-electron chi connectivity index (χ2n) is 5.45. The van der Waals surface area contributed by atoms with Gasteiger partial charge in [0.15, 0.2) is 0 Å². The van der Waals surface area contributed by atoms with E-state index in [1.807, 2.05) is 30.0 Å². The molecule has 110 valence electrons. The molecule has 0 saturated heterocycles. The summed E-state index contributed by atoms with van der Waals surface area (Å²) in [5.74, 6) is 0.152. The fraction of sp³-hybridized carbons (Fsp3) is 0.353. The van der Waals surface area contributed by atoms with Crippen LogP contribution in [0.1, 0.15) is 45.4 Å². The van der Waals surface area contributed by atoms with E-state index in [9.17, 15) is 4.79 Å². The summed E-state index contributed by atoms with van der Waals surface area (Å²) in [6.45, 7) is 4.95. The molecule has 1 aliphatic rings. The second-order valence-corrected chi connectivity index (χ2v) is 7.44. The van der Waals surface area contributed by atoms with Crippen molar-refractivity contribution in [1.82, 2.24) is 0 Å². The van der Waals surface area contributed by atoms with Crippen molar-refractivity contribution < 1.29 is 4.79 Å². The van der Waals surface area contributed by atoms with Crippen molar-refractivity contribution >= 4 is 38.9 Å². The molecule has 1 aromatic heterocycles. The first-order valence-electron chi connectivity index (χ1n) is 7.30. The van der Waals surface area contributed by atoms with E-state index in [2.05, 4.69) is 28.9 Å². The van der Waals surface area contributed by atoms with Crippen LogP contribution in [0, 0.1) is 6.92 Å². The van der Waals surface area contributed by atoms with Crippen molar-refractivity contribution in [3.63, 3.8) is 0 Å². The van der Waals surface area contributed by atoms with Crippen LogP contribution in [0.25, 0.3) is 0 Å². The number of carbonyl (C=O) groups excluding carboxylic acids is 1. The molecule has 0 atom stereocenters. The molecule has 0 bridgehead atoms. The summed E-state index contributed by atoms with van der Waals surface area (Å²) in [4.78, 5) is 16.8. The molecule has 0 fully saturated rings. The molecule has 1 aromatic carbocycles. The Hall–Kier alpha value is -1.13. The lowest BCUT2D eigenvalue weighted by atomic mass is 10.2. The highest BCUT2D eigenvalue weighted by atomic mass is 79.9. The molecule has 21 heavy (non-hydrogen) atoms. The summed E-state index contributed by atoms with van der Waals surface area (Å²) in [6.07, 6.45) is 3.49. The van der Waals surface area contributed by atoms with Crippen molar-refractivity contribution in [1.29, 1.82) is 0 Å². The van der Waals surface area contributed by atoms with Crippen LogP contribution in [-0.2, 0) is 13.0 Å². The van der Waals surface area contributed by atoms with E-state index in [0.29, 0.717) is 6.54 Å². The standard InChI is InChI=1S/C17H18BrNOS/c1-3-4-6-13-9-12-10-19(17(20)16(12)21-13)15-8-5-7-14(18)11(15)2/h5,7-9H,3-4,6,10H2,1-2H3. The monoisotopic (exact) mass is 363 g/mol. The van der Waals surface area contributed by atoms with Crippen LogP contribution in [0.15, 0.2) is 28.7 Å². The fourth-order valence-electron chi connectivity index (χ4n) is 2.71. The third-order valence-electron chi connectivity index (χ3n) is 3.93. The lowest BCUT2D eigenvalue weighted by Gasteiger charge is -2.19. The smallest absolute Gasteiger partial charge is 0.269 e. The Kier molecular flexibility index (Phi) is 4.18. The Morgan fingerprint density at radius 3 is 2.90 bits per heavy atom. The van der Waals surface area contributed by atoms with Crippen molar-refractivity contribution in [2.45, 2.75) is 39.7 Å². The Labute approximate surface area is 137 Å². The predicted octanol–water partition coefficient (Wildman–Crippen LogP) is 5.32. The van der Waals surface area contributed by atoms with Crippen LogP contribution in [0.3, 0.4) is 0 Å². The molecule has 0 radical (unpaired) electrons. The van der Waals surface area contributed by atoms with E-state index in [-0.39, 0.29) is 5.91 Å². The van der Waals surface area contributed by atoms with Gasteiger partial charge in [0.1, 0.15) is 0 Å². The molecule has 0 unspecified atom stereocenters. The number of rotatable bonds is 4. The number of thiophene rings is 1. The Morgan fingerprint density at radius 1 is 1.38 bits per heavy atom. The number of unbranched alkanes of at least 4 members (excludes halogenated alkanes) is 1. The summed E-state index contributed by atoms with van der Waals surface area (Å²) < 4.78 is 1.05. The number of fused-ring (bicyclic) bond motifs is 1. The summed E-state index contributed by atoms with van der Waals surface area (Å²) in [7, 11) is 0. The van der Waals surface area contributed by atoms with Gasteiger partial charge in [0.05, 0.1) is 11.4 Å². The van der Waals surface area contributed by atoms with Gasteiger partial charge in [0.2, 0.25) is 0 Å². The SMILES string of the molecule is CCCCc1cc2c(s1)C(=O)N(c1cccc(Br)c1C)C2. The molecular weight excluding hydrogens is 346 g/mol. The summed E-state index contributed by atoms with van der Waals surface area (Å²) >= 11 is 5.22. The number of carbonyl (C=O) groups is 1. The van der Waals surface area contributed by atoms with E-state index in [0.717, 1.165) is 27.0 Å². The van der Waals surface area contributed by atoms with Crippen LogP contribution in [0.2, 0.25) is 0 Å². The first-order chi connectivity index (χ1) is 10.1. The quantitative estimate of drug-likeness (QED) is 0.719. The summed E-state index contributed by atoms with van der Waals surface area (Å²) in [5.41, 5.74) is 3.32. The third-order valence-corrected chi connectivity index (χ3v) is 6.02. The van der Waals surface area contributed by atoms with Crippen molar-refractivity contribution in [2.24, 2.45) is 0 Å². The van der Waals surface area contributed by atoms with E-state index in [1.165, 1.54) is 23.3 Å². The number of hydrogen-bond donors (Lipinski definition) is 0. The molecule has 2 nitrogen and oxygen atoms in total. The van der Waals surface area contributed by atoms with E-state index >= 15 is 0 Å². The van der Waals surface area contributed by atoms with Gasteiger partial charge < -0.3 is 4.90 Å². The minimum atomic E-state index is 0.152. The number of aryl methyl sites for hydroxylation is 1. The van der Waals surface area contributed by atoms with E-state index in [4.69, 9.17) is 0 Å². The highest BCUT2D eigenvalue weighted by Gasteiger charge is 2.31. The number of amides is 1. The van der Waals surface area contributed by atoms with Gasteiger partial charge in [-0.1, -0.05) is 35.3 Å². The fourth-order valence-corrected chi connectivity index (χ4v) is 4.22. The normalized spacial score (nSPS) is 13.9. The zero-order valence-electron chi connectivity index (χ0n) is 12.3. The number of anilines is 1. The number of benzene rings is 1. The number of nitrogens with zero attached hydrogens (tertiary/aromatic N) is 1. The Bertz CT molecular complexity index is 692. The summed E-state index contributed by atoms with van der Waals surface area (Å²) in [6, 6.07) is 8.24. The van der Waals surface area contributed by atoms with Gasteiger partial charge in [0.25, 0.3) is 5.91 Å². The first kappa shape index (κ1) is 14.8. The predicted molar refractivity (Wildman–Crippen MR) is 92.3 cm³/mol. The van der Waals surface area contributed by atoms with E-state index < -0.39 is 0 Å². The van der Waals surface area contributed by atoms with Gasteiger partial charge in [-0.25, -0.2) is 0 Å². The molecule has 0 N–H and O–H groups in total. The van der Waals surface area contributed by atoms with Crippen molar-refractivity contribution in [2.75, 3.05) is 4.90 Å². The van der Waals surface area contributed by atoms with Gasteiger partial charge in [-0.05, 0) is 49.1 Å². The lowest BCUT2D eigenvalue weighted by molar-refractivity contribution is 0.1000. The van der Waals surface area contributed by atoms with Gasteiger partial charge in [-0.3, -0.25) is 4.79 Å². The molecule has 4 heteroatoms. The maximum absolute atomic E-state index is 12.7. The molecule has 0 saturated carbocycles. The molecule has 2 aromatic rings. The average molecular weight is 364 g/mol. The van der Waals surface area contributed by atoms with Gasteiger partial charge in [0, 0.05) is 15.0 Å². The molecule has 2 heterocycles. The number of hydrogen-bond acceptors (Lipinski definition) is 2. The van der Waals surface area contributed by atoms with Crippen LogP contribution >= 0.6 is 27.3 Å². The van der Waals surface area contributed by atoms with Crippen molar-refractivity contribution in [3.05, 3.63) is 49.6 Å². The van der Waals surface area contributed by atoms with Crippen molar-refractivity contribution in [3.8, 4) is 0 Å². The van der Waals surface area contributed by atoms with Crippen LogP contribution in [0.4, 0.5) is 5.69 Å². The second kappa shape index (κ2) is 5.93. The maximum atomic E-state index is 12.7. The Morgan fingerprint density at radius 2 is 2.19 bits per heavy atom. The zero-order chi connectivity index (χ0) is 15.0. The molecule has 0 spiro atoms. The highest BCUT2D eigenvalue weighted by Crippen LogP contribution is 2.37. The number of halogens is 1. The first-order valence-corrected chi connectivity index (χ1v) is 8.91. The van der Waals surface area contributed by atoms with Gasteiger partial charge in [-0.2, -0.15) is 0 Å². The molecule has 3 rings (SSSR count). The average Bonchev–Trinajstić information content (AvgIpc) is 2.99. The Balaban J connectivity index is 1.87. The maximum Gasteiger partial charge on any atom is 0.269 e. The van der Waals surface area contributed by atoms with Crippen LogP contribution in [0.5, 0.6) is 0 Å². The topological polar surface area (TPSA) is 20.3 Å².